The zero-order chi connectivity index (χ0) is 11.0. The molecule has 0 radical (unpaired) electrons. The van der Waals surface area contributed by atoms with Gasteiger partial charge in [-0.1, -0.05) is 22.9 Å². The van der Waals surface area contributed by atoms with E-state index in [1.165, 1.54) is 18.2 Å². The van der Waals surface area contributed by atoms with E-state index in [9.17, 15) is 4.39 Å². The summed E-state index contributed by atoms with van der Waals surface area (Å²) in [7, 11) is 0. The summed E-state index contributed by atoms with van der Waals surface area (Å²) in [6, 6.07) is 4.21. The SMILES string of the molecule is Nc1nc(-c2cc(Cl)ccc2F)c(N)s1. The van der Waals surface area contributed by atoms with E-state index in [1.807, 2.05) is 0 Å². The molecular formula is C9H7ClFN3S. The van der Waals surface area contributed by atoms with E-state index in [0.717, 1.165) is 11.3 Å². The van der Waals surface area contributed by atoms with E-state index in [1.54, 1.807) is 0 Å². The Morgan fingerprint density at radius 2 is 2.07 bits per heavy atom. The van der Waals surface area contributed by atoms with Crippen LogP contribution in [-0.2, 0) is 0 Å². The van der Waals surface area contributed by atoms with Crippen LogP contribution in [-0.4, -0.2) is 4.98 Å². The molecule has 3 nitrogen and oxygen atoms in total. The maximum atomic E-state index is 13.5. The van der Waals surface area contributed by atoms with Crippen LogP contribution >= 0.6 is 22.9 Å². The number of thiazole rings is 1. The van der Waals surface area contributed by atoms with Gasteiger partial charge in [0.25, 0.3) is 0 Å². The molecule has 0 bridgehead atoms. The average molecular weight is 244 g/mol. The molecule has 0 unspecified atom stereocenters. The Balaban J connectivity index is 2.62. The van der Waals surface area contributed by atoms with Crippen molar-refractivity contribution in [3.63, 3.8) is 0 Å². The van der Waals surface area contributed by atoms with Gasteiger partial charge in [-0.3, -0.25) is 0 Å². The first-order chi connectivity index (χ1) is 7.08. The van der Waals surface area contributed by atoms with E-state index >= 15 is 0 Å². The molecule has 2 rings (SSSR count). The Bertz CT molecular complexity index is 512. The fourth-order valence-corrected chi connectivity index (χ4v) is 2.01. The largest absolute Gasteiger partial charge is 0.389 e. The molecule has 0 aliphatic rings. The maximum absolute atomic E-state index is 13.5. The van der Waals surface area contributed by atoms with Crippen molar-refractivity contribution in [2.24, 2.45) is 0 Å². The van der Waals surface area contributed by atoms with Crippen LogP contribution in [0.1, 0.15) is 0 Å². The van der Waals surface area contributed by atoms with Gasteiger partial charge in [-0.2, -0.15) is 0 Å². The second-order valence-corrected chi connectivity index (χ2v) is 4.39. The lowest BCUT2D eigenvalue weighted by atomic mass is 10.1. The monoisotopic (exact) mass is 243 g/mol. The normalized spacial score (nSPS) is 10.5. The van der Waals surface area contributed by atoms with Crippen LogP contribution in [0.2, 0.25) is 5.02 Å². The molecule has 1 aromatic carbocycles. The lowest BCUT2D eigenvalue weighted by Crippen LogP contribution is -1.90. The number of halogens is 2. The summed E-state index contributed by atoms with van der Waals surface area (Å²) in [5, 5.41) is 1.12. The average Bonchev–Trinajstić information content (AvgIpc) is 2.50. The van der Waals surface area contributed by atoms with Gasteiger partial charge in [-0.25, -0.2) is 9.37 Å². The third-order valence-electron chi connectivity index (χ3n) is 1.85. The first kappa shape index (κ1) is 10.2. The highest BCUT2D eigenvalue weighted by atomic mass is 35.5. The quantitative estimate of drug-likeness (QED) is 0.810. The van der Waals surface area contributed by atoms with Crippen LogP contribution in [0, 0.1) is 5.82 Å². The Morgan fingerprint density at radius 1 is 1.33 bits per heavy atom. The van der Waals surface area contributed by atoms with E-state index in [4.69, 9.17) is 23.1 Å². The highest BCUT2D eigenvalue weighted by Gasteiger charge is 2.13. The van der Waals surface area contributed by atoms with Gasteiger partial charge in [0, 0.05) is 10.6 Å². The molecule has 6 heteroatoms. The van der Waals surface area contributed by atoms with Crippen molar-refractivity contribution in [3.8, 4) is 11.3 Å². The lowest BCUT2D eigenvalue weighted by Gasteiger charge is -2.01. The number of hydrogen-bond acceptors (Lipinski definition) is 4. The number of aromatic nitrogens is 1. The van der Waals surface area contributed by atoms with Gasteiger partial charge in [0.15, 0.2) is 5.13 Å². The molecule has 2 aromatic rings. The zero-order valence-corrected chi connectivity index (χ0v) is 9.07. The number of benzene rings is 1. The van der Waals surface area contributed by atoms with Gasteiger partial charge in [0.05, 0.1) is 0 Å². The number of nitrogens with two attached hydrogens (primary N) is 2. The van der Waals surface area contributed by atoms with Gasteiger partial charge < -0.3 is 11.5 Å². The predicted molar refractivity (Wildman–Crippen MR) is 61.3 cm³/mol. The van der Waals surface area contributed by atoms with Crippen molar-refractivity contribution in [1.29, 1.82) is 0 Å². The molecule has 0 fully saturated rings. The topological polar surface area (TPSA) is 64.9 Å². The Kier molecular flexibility index (Phi) is 2.50. The summed E-state index contributed by atoms with van der Waals surface area (Å²) in [5.74, 6) is -0.420. The minimum atomic E-state index is -0.420. The van der Waals surface area contributed by atoms with Gasteiger partial charge in [0.2, 0.25) is 0 Å². The van der Waals surface area contributed by atoms with E-state index in [0.29, 0.717) is 20.8 Å². The molecule has 4 N–H and O–H groups in total. The summed E-state index contributed by atoms with van der Waals surface area (Å²) >= 11 is 6.88. The van der Waals surface area contributed by atoms with E-state index in [2.05, 4.69) is 4.98 Å². The molecule has 15 heavy (non-hydrogen) atoms. The minimum Gasteiger partial charge on any atom is -0.389 e. The van der Waals surface area contributed by atoms with Crippen molar-refractivity contribution in [3.05, 3.63) is 29.0 Å². The van der Waals surface area contributed by atoms with Crippen molar-refractivity contribution >= 4 is 33.1 Å². The molecule has 0 aliphatic heterocycles. The van der Waals surface area contributed by atoms with Crippen LogP contribution in [0.25, 0.3) is 11.3 Å². The molecule has 0 aliphatic carbocycles. The van der Waals surface area contributed by atoms with Gasteiger partial charge >= 0.3 is 0 Å². The summed E-state index contributed by atoms with van der Waals surface area (Å²) in [6.07, 6.45) is 0. The number of anilines is 2. The molecule has 78 valence electrons. The molecule has 0 saturated heterocycles. The number of nitrogens with zero attached hydrogens (tertiary/aromatic N) is 1. The smallest absolute Gasteiger partial charge is 0.182 e. The Morgan fingerprint density at radius 3 is 2.67 bits per heavy atom. The first-order valence-electron chi connectivity index (χ1n) is 4.05. The van der Waals surface area contributed by atoms with E-state index in [-0.39, 0.29) is 5.56 Å². The third kappa shape index (κ3) is 1.88. The predicted octanol–water partition coefficient (Wildman–Crippen LogP) is 2.77. The van der Waals surface area contributed by atoms with Crippen LogP contribution in [0.3, 0.4) is 0 Å². The fourth-order valence-electron chi connectivity index (χ4n) is 1.22. The summed E-state index contributed by atoms with van der Waals surface area (Å²) in [4.78, 5) is 3.96. The van der Waals surface area contributed by atoms with Crippen molar-refractivity contribution < 1.29 is 4.39 Å². The molecule has 0 atom stereocenters. The molecule has 1 aromatic heterocycles. The summed E-state index contributed by atoms with van der Waals surface area (Å²) in [5.41, 5.74) is 11.8. The third-order valence-corrected chi connectivity index (χ3v) is 2.80. The highest BCUT2D eigenvalue weighted by Crippen LogP contribution is 2.34. The maximum Gasteiger partial charge on any atom is 0.182 e. The zero-order valence-electron chi connectivity index (χ0n) is 7.50. The first-order valence-corrected chi connectivity index (χ1v) is 5.24. The van der Waals surface area contributed by atoms with Crippen molar-refractivity contribution in [1.82, 2.24) is 4.98 Å². The molecular weight excluding hydrogens is 237 g/mol. The fraction of sp³-hybridized carbons (Fsp3) is 0. The second kappa shape index (κ2) is 3.67. The minimum absolute atomic E-state index is 0.271. The van der Waals surface area contributed by atoms with Crippen LogP contribution in [0.5, 0.6) is 0 Å². The van der Waals surface area contributed by atoms with Gasteiger partial charge in [0.1, 0.15) is 16.5 Å². The molecule has 0 saturated carbocycles. The summed E-state index contributed by atoms with van der Waals surface area (Å²) in [6.45, 7) is 0. The molecule has 1 heterocycles. The van der Waals surface area contributed by atoms with Gasteiger partial charge in [-0.15, -0.1) is 0 Å². The second-order valence-electron chi connectivity index (χ2n) is 2.89. The molecule has 0 amide bonds. The number of nitrogen functional groups attached to an aromatic ring is 2. The van der Waals surface area contributed by atoms with Crippen molar-refractivity contribution in [2.45, 2.75) is 0 Å². The van der Waals surface area contributed by atoms with E-state index < -0.39 is 5.82 Å². The van der Waals surface area contributed by atoms with Crippen LogP contribution in [0.4, 0.5) is 14.5 Å². The van der Waals surface area contributed by atoms with Gasteiger partial charge in [-0.05, 0) is 18.2 Å². The standard InChI is InChI=1S/C9H7ClFN3S/c10-4-1-2-6(11)5(3-4)7-8(12)15-9(13)14-7/h1-3H,12H2,(H2,13,14). The Labute approximate surface area is 94.5 Å². The van der Waals surface area contributed by atoms with Crippen LogP contribution in [0.15, 0.2) is 18.2 Å². The number of hydrogen-bond donors (Lipinski definition) is 2. The number of rotatable bonds is 1. The summed E-state index contributed by atoms with van der Waals surface area (Å²) < 4.78 is 13.5. The van der Waals surface area contributed by atoms with Crippen LogP contribution < -0.4 is 11.5 Å². The lowest BCUT2D eigenvalue weighted by molar-refractivity contribution is 0.631. The Hall–Kier alpha value is -1.33. The van der Waals surface area contributed by atoms with Crippen molar-refractivity contribution in [2.75, 3.05) is 11.5 Å². The highest BCUT2D eigenvalue weighted by molar-refractivity contribution is 7.19. The molecule has 0 spiro atoms.